The number of carbonyl (C=O) groups excluding carboxylic acids is 2. The van der Waals surface area contributed by atoms with Crippen molar-refractivity contribution in [1.29, 1.82) is 0 Å². The number of ketones is 1. The number of hydrogen-bond acceptors (Lipinski definition) is 3. The number of thiophene rings is 1. The molecule has 0 saturated heterocycles. The number of likely N-dealkylation sites (N-methyl/N-ethyl adjacent to an activating group) is 1. The average Bonchev–Trinajstić information content (AvgIpc) is 3.07. The van der Waals surface area contributed by atoms with Crippen LogP contribution < -0.4 is 0 Å². The SMILES string of the molecule is Cc1[nH]c2ccccc2c1C(=O)C(=O)N(C)Cc1ccc(Br)s1. The van der Waals surface area contributed by atoms with Gasteiger partial charge in [-0.05, 0) is 41.1 Å². The molecule has 3 rings (SSSR count). The Bertz CT molecular complexity index is 897. The van der Waals surface area contributed by atoms with E-state index in [0.717, 1.165) is 25.3 Å². The summed E-state index contributed by atoms with van der Waals surface area (Å²) in [5, 5.41) is 0.788. The highest BCUT2D eigenvalue weighted by Crippen LogP contribution is 2.25. The van der Waals surface area contributed by atoms with Crippen LogP contribution >= 0.6 is 27.3 Å². The average molecular weight is 391 g/mol. The zero-order valence-corrected chi connectivity index (χ0v) is 15.1. The number of aromatic nitrogens is 1. The van der Waals surface area contributed by atoms with Gasteiger partial charge in [-0.2, -0.15) is 0 Å². The summed E-state index contributed by atoms with van der Waals surface area (Å²) in [6.45, 7) is 2.24. The summed E-state index contributed by atoms with van der Waals surface area (Å²) in [4.78, 5) is 30.8. The second-order valence-corrected chi connectivity index (χ2v) is 7.91. The molecule has 3 aromatic rings. The monoisotopic (exact) mass is 390 g/mol. The molecule has 23 heavy (non-hydrogen) atoms. The smallest absolute Gasteiger partial charge is 0.295 e. The lowest BCUT2D eigenvalue weighted by Crippen LogP contribution is -2.32. The second-order valence-electron chi connectivity index (χ2n) is 5.37. The molecule has 0 atom stereocenters. The van der Waals surface area contributed by atoms with Crippen molar-refractivity contribution in [3.8, 4) is 0 Å². The molecule has 4 nitrogen and oxygen atoms in total. The first kappa shape index (κ1) is 16.0. The Morgan fingerprint density at radius 3 is 2.65 bits per heavy atom. The number of aryl methyl sites for hydroxylation is 1. The minimum Gasteiger partial charge on any atom is -0.358 e. The predicted molar refractivity (Wildman–Crippen MR) is 95.9 cm³/mol. The summed E-state index contributed by atoms with van der Waals surface area (Å²) >= 11 is 4.95. The molecule has 0 aliphatic carbocycles. The number of amides is 1. The molecule has 1 N–H and O–H groups in total. The van der Waals surface area contributed by atoms with Crippen molar-refractivity contribution >= 4 is 49.9 Å². The van der Waals surface area contributed by atoms with Crippen molar-refractivity contribution in [2.45, 2.75) is 13.5 Å². The highest BCUT2D eigenvalue weighted by atomic mass is 79.9. The Balaban J connectivity index is 1.86. The van der Waals surface area contributed by atoms with E-state index in [1.165, 1.54) is 4.90 Å². The Morgan fingerprint density at radius 1 is 1.22 bits per heavy atom. The topological polar surface area (TPSA) is 53.2 Å². The number of Topliss-reactive ketones (excluding diaryl/α,β-unsaturated/α-hetero) is 1. The van der Waals surface area contributed by atoms with Gasteiger partial charge in [0, 0.05) is 28.5 Å². The van der Waals surface area contributed by atoms with Crippen LogP contribution in [0.1, 0.15) is 20.9 Å². The summed E-state index contributed by atoms with van der Waals surface area (Å²) in [7, 11) is 1.65. The van der Waals surface area contributed by atoms with Gasteiger partial charge in [0.15, 0.2) is 0 Å². The number of fused-ring (bicyclic) bond motifs is 1. The summed E-state index contributed by atoms with van der Waals surface area (Å²) < 4.78 is 1.01. The molecule has 0 aliphatic heterocycles. The van der Waals surface area contributed by atoms with Crippen LogP contribution in [0.3, 0.4) is 0 Å². The van der Waals surface area contributed by atoms with Gasteiger partial charge in [-0.15, -0.1) is 11.3 Å². The minimum atomic E-state index is -0.498. The maximum absolute atomic E-state index is 12.7. The van der Waals surface area contributed by atoms with Crippen molar-refractivity contribution < 1.29 is 9.59 Å². The number of benzene rings is 1. The third-order valence-electron chi connectivity index (χ3n) is 3.68. The molecule has 0 bridgehead atoms. The van der Waals surface area contributed by atoms with E-state index >= 15 is 0 Å². The molecular weight excluding hydrogens is 376 g/mol. The quantitative estimate of drug-likeness (QED) is 0.537. The normalized spacial score (nSPS) is 10.9. The van der Waals surface area contributed by atoms with E-state index in [1.54, 1.807) is 18.4 Å². The highest BCUT2D eigenvalue weighted by molar-refractivity contribution is 9.11. The van der Waals surface area contributed by atoms with Crippen LogP contribution in [-0.4, -0.2) is 28.6 Å². The lowest BCUT2D eigenvalue weighted by Gasteiger charge is -2.15. The highest BCUT2D eigenvalue weighted by Gasteiger charge is 2.25. The Labute approximate surface area is 146 Å². The first-order valence-corrected chi connectivity index (χ1v) is 8.69. The molecule has 0 radical (unpaired) electrons. The van der Waals surface area contributed by atoms with Crippen molar-refractivity contribution in [2.24, 2.45) is 0 Å². The van der Waals surface area contributed by atoms with Crippen LogP contribution in [0, 0.1) is 6.92 Å². The van der Waals surface area contributed by atoms with E-state index in [0.29, 0.717) is 12.1 Å². The molecular formula is C17H15BrN2O2S. The van der Waals surface area contributed by atoms with E-state index in [2.05, 4.69) is 20.9 Å². The number of nitrogens with one attached hydrogen (secondary N) is 1. The van der Waals surface area contributed by atoms with Crippen LogP contribution in [0.15, 0.2) is 40.2 Å². The number of aromatic amines is 1. The summed E-state index contributed by atoms with van der Waals surface area (Å²) in [5.41, 5.74) is 2.05. The lowest BCUT2D eigenvalue weighted by atomic mass is 10.1. The number of carbonyl (C=O) groups is 2. The number of H-pyrrole nitrogens is 1. The number of rotatable bonds is 4. The van der Waals surface area contributed by atoms with Crippen LogP contribution in [0.2, 0.25) is 0 Å². The third-order valence-corrected chi connectivity index (χ3v) is 5.29. The van der Waals surface area contributed by atoms with E-state index in [-0.39, 0.29) is 0 Å². The molecule has 1 amide bonds. The molecule has 0 saturated carbocycles. The van der Waals surface area contributed by atoms with Gasteiger partial charge >= 0.3 is 0 Å². The van der Waals surface area contributed by atoms with Crippen molar-refractivity contribution in [1.82, 2.24) is 9.88 Å². The Morgan fingerprint density at radius 2 is 1.96 bits per heavy atom. The zero-order chi connectivity index (χ0) is 16.6. The van der Waals surface area contributed by atoms with Gasteiger partial charge in [0.1, 0.15) is 0 Å². The maximum Gasteiger partial charge on any atom is 0.295 e. The van der Waals surface area contributed by atoms with Crippen LogP contribution in [0.4, 0.5) is 0 Å². The van der Waals surface area contributed by atoms with E-state index in [9.17, 15) is 9.59 Å². The lowest BCUT2D eigenvalue weighted by molar-refractivity contribution is -0.125. The van der Waals surface area contributed by atoms with E-state index in [1.807, 2.05) is 43.3 Å². The standard InChI is InChI=1S/C17H15BrN2O2S/c1-10-15(12-5-3-4-6-13(12)19-10)16(21)17(22)20(2)9-11-7-8-14(18)23-11/h3-8,19H,9H2,1-2H3. The summed E-state index contributed by atoms with van der Waals surface area (Å²) in [6, 6.07) is 11.4. The maximum atomic E-state index is 12.7. The van der Waals surface area contributed by atoms with Gasteiger partial charge in [0.25, 0.3) is 11.7 Å². The van der Waals surface area contributed by atoms with Crippen LogP contribution in [-0.2, 0) is 11.3 Å². The number of para-hydroxylation sites is 1. The fraction of sp³-hybridized carbons (Fsp3) is 0.176. The first-order chi connectivity index (χ1) is 11.0. The van der Waals surface area contributed by atoms with Gasteiger partial charge in [0.05, 0.1) is 15.9 Å². The largest absolute Gasteiger partial charge is 0.358 e. The Hall–Kier alpha value is -1.92. The van der Waals surface area contributed by atoms with Gasteiger partial charge in [-0.1, -0.05) is 18.2 Å². The Kier molecular flexibility index (Phi) is 4.37. The number of nitrogens with zero attached hydrogens (tertiary/aromatic N) is 1. The number of hydrogen-bond donors (Lipinski definition) is 1. The molecule has 118 valence electrons. The minimum absolute atomic E-state index is 0.419. The predicted octanol–water partition coefficient (Wildman–Crippen LogP) is 4.14. The fourth-order valence-corrected chi connectivity index (χ4v) is 4.13. The van der Waals surface area contributed by atoms with E-state index < -0.39 is 11.7 Å². The molecule has 0 fully saturated rings. The molecule has 0 spiro atoms. The summed E-state index contributed by atoms with van der Waals surface area (Å²) in [6.07, 6.45) is 0. The van der Waals surface area contributed by atoms with Crippen LogP contribution in [0.25, 0.3) is 10.9 Å². The van der Waals surface area contributed by atoms with Crippen molar-refractivity contribution in [3.63, 3.8) is 0 Å². The van der Waals surface area contributed by atoms with Gasteiger partial charge in [0.2, 0.25) is 0 Å². The molecule has 1 aromatic carbocycles. The molecule has 2 heterocycles. The first-order valence-electron chi connectivity index (χ1n) is 7.08. The third kappa shape index (κ3) is 3.09. The van der Waals surface area contributed by atoms with Crippen LogP contribution in [0.5, 0.6) is 0 Å². The zero-order valence-electron chi connectivity index (χ0n) is 12.7. The molecule has 0 aliphatic rings. The molecule has 2 aromatic heterocycles. The van der Waals surface area contributed by atoms with Gasteiger partial charge < -0.3 is 9.88 Å². The number of halogens is 1. The molecule has 6 heteroatoms. The summed E-state index contributed by atoms with van der Waals surface area (Å²) in [5.74, 6) is -0.972. The fourth-order valence-electron chi connectivity index (χ4n) is 2.59. The van der Waals surface area contributed by atoms with Gasteiger partial charge in [-0.25, -0.2) is 0 Å². The van der Waals surface area contributed by atoms with E-state index in [4.69, 9.17) is 0 Å². The van der Waals surface area contributed by atoms with Crippen molar-refractivity contribution in [3.05, 3.63) is 56.3 Å². The van der Waals surface area contributed by atoms with Crippen molar-refractivity contribution in [2.75, 3.05) is 7.05 Å². The molecule has 0 unspecified atom stereocenters. The van der Waals surface area contributed by atoms with Gasteiger partial charge in [-0.3, -0.25) is 9.59 Å². The second kappa shape index (κ2) is 6.29.